The topological polar surface area (TPSA) is 163 Å². The van der Waals surface area contributed by atoms with Crippen molar-refractivity contribution in [3.05, 3.63) is 0 Å². The molecule has 3 atom stereocenters. The zero-order valence-electron chi connectivity index (χ0n) is 20.4. The summed E-state index contributed by atoms with van der Waals surface area (Å²) in [4.78, 5) is 69.8. The van der Waals surface area contributed by atoms with Crippen LogP contribution in [0.25, 0.3) is 0 Å². The average Bonchev–Trinajstić information content (AvgIpc) is 2.79. The Bertz CT molecular complexity index is 624. The van der Waals surface area contributed by atoms with E-state index in [9.17, 15) is 44.1 Å². The molecule has 0 aliphatic carbocycles. The summed E-state index contributed by atoms with van der Waals surface area (Å²) in [5, 5.41) is 30.0. The molecule has 10 heteroatoms. The fourth-order valence-corrected chi connectivity index (χ4v) is 6.79. The van der Waals surface area contributed by atoms with Gasteiger partial charge < -0.3 is 0 Å². The van der Waals surface area contributed by atoms with Crippen molar-refractivity contribution in [2.24, 2.45) is 17.8 Å². The van der Waals surface area contributed by atoms with Gasteiger partial charge in [0.15, 0.2) is 0 Å². The number of rotatable bonds is 21. The van der Waals surface area contributed by atoms with Crippen molar-refractivity contribution in [1.29, 1.82) is 0 Å². The van der Waals surface area contributed by atoms with E-state index in [1.807, 2.05) is 0 Å². The quantitative estimate of drug-likeness (QED) is 0.146. The molecule has 34 heavy (non-hydrogen) atoms. The number of carbonyl (C=O) groups excluding carboxylic acids is 3. The summed E-state index contributed by atoms with van der Waals surface area (Å²) in [7, 11) is 0. The van der Waals surface area contributed by atoms with Crippen molar-refractivity contribution in [2.45, 2.75) is 94.5 Å². The summed E-state index contributed by atoms with van der Waals surface area (Å²) in [6.45, 7) is 4.87. The first kappa shape index (κ1) is 31.9. The Kier molecular flexibility index (Phi) is 16.3. The van der Waals surface area contributed by atoms with Crippen LogP contribution in [0.5, 0.6) is 0 Å². The third kappa shape index (κ3) is 11.9. The number of hydrogen-bond acceptors (Lipinski definition) is 6. The van der Waals surface area contributed by atoms with E-state index in [-0.39, 0.29) is 55.9 Å². The van der Waals surface area contributed by atoms with Crippen LogP contribution in [0.15, 0.2) is 0 Å². The van der Waals surface area contributed by atoms with Crippen LogP contribution in [0.2, 0.25) is 16.0 Å². The summed E-state index contributed by atoms with van der Waals surface area (Å²) in [6.07, 6.45) is 2.70. The molecular formula is C24H39FeO9. The van der Waals surface area contributed by atoms with Gasteiger partial charge in [0, 0.05) is 0 Å². The van der Waals surface area contributed by atoms with Crippen LogP contribution in [0.4, 0.5) is 0 Å². The molecular weight excluding hydrogens is 488 g/mol. The molecule has 0 saturated heterocycles. The third-order valence-electron chi connectivity index (χ3n) is 5.71. The number of Topliss-reactive ketones (excluding diaryl/α,β-unsaturated/α-hetero) is 3. The molecule has 0 aliphatic heterocycles. The van der Waals surface area contributed by atoms with Gasteiger partial charge in [0.25, 0.3) is 0 Å². The number of carboxylic acids is 3. The van der Waals surface area contributed by atoms with Gasteiger partial charge in [-0.1, -0.05) is 0 Å². The molecule has 3 N–H and O–H groups in total. The van der Waals surface area contributed by atoms with Crippen LogP contribution in [0.3, 0.4) is 0 Å². The van der Waals surface area contributed by atoms with Crippen LogP contribution < -0.4 is 0 Å². The van der Waals surface area contributed by atoms with Crippen LogP contribution in [-0.2, 0) is 42.7 Å². The van der Waals surface area contributed by atoms with E-state index in [0.29, 0.717) is 35.2 Å². The second-order valence-electron chi connectivity index (χ2n) is 8.12. The second kappa shape index (κ2) is 17.4. The van der Waals surface area contributed by atoms with Crippen LogP contribution in [-0.4, -0.2) is 50.6 Å². The molecule has 3 unspecified atom stereocenters. The van der Waals surface area contributed by atoms with E-state index in [1.54, 1.807) is 20.8 Å². The minimum absolute atomic E-state index is 0.150. The van der Waals surface area contributed by atoms with Crippen LogP contribution in [0.1, 0.15) is 78.6 Å². The van der Waals surface area contributed by atoms with Gasteiger partial charge in [0.05, 0.1) is 0 Å². The molecule has 0 aromatic carbocycles. The number of carboxylic acid groups (broad SMARTS) is 3. The number of aliphatic carboxylic acids is 3. The normalized spacial score (nSPS) is 14.0. The fourth-order valence-electron chi connectivity index (χ4n) is 3.63. The summed E-state index contributed by atoms with van der Waals surface area (Å²) in [5.41, 5.74) is 0. The van der Waals surface area contributed by atoms with Gasteiger partial charge in [-0.25, -0.2) is 0 Å². The average molecular weight is 527 g/mol. The van der Waals surface area contributed by atoms with E-state index < -0.39 is 49.6 Å². The van der Waals surface area contributed by atoms with Crippen molar-refractivity contribution in [1.82, 2.24) is 0 Å². The van der Waals surface area contributed by atoms with Crippen LogP contribution in [0, 0.1) is 17.8 Å². The second-order valence-corrected chi connectivity index (χ2v) is 11.4. The van der Waals surface area contributed by atoms with Crippen molar-refractivity contribution in [2.75, 3.05) is 0 Å². The third-order valence-corrected chi connectivity index (χ3v) is 9.22. The molecule has 9 nitrogen and oxygen atoms in total. The van der Waals surface area contributed by atoms with Gasteiger partial charge in [0.1, 0.15) is 0 Å². The first-order valence-corrected chi connectivity index (χ1v) is 14.1. The van der Waals surface area contributed by atoms with Gasteiger partial charge in [-0.3, -0.25) is 0 Å². The first-order chi connectivity index (χ1) is 16.0. The number of ketones is 3. The Balaban J connectivity index is 5.09. The Hall–Kier alpha value is -2.06. The molecule has 0 heterocycles. The van der Waals surface area contributed by atoms with Gasteiger partial charge >= 0.3 is 206 Å². The van der Waals surface area contributed by atoms with E-state index in [1.165, 1.54) is 0 Å². The maximum atomic E-state index is 11.9. The van der Waals surface area contributed by atoms with E-state index in [2.05, 4.69) is 0 Å². The minimum atomic E-state index is -1.14. The van der Waals surface area contributed by atoms with Crippen molar-refractivity contribution in [3.63, 3.8) is 0 Å². The molecule has 0 spiro atoms. The van der Waals surface area contributed by atoms with Gasteiger partial charge in [-0.2, -0.15) is 0 Å². The predicted octanol–water partition coefficient (Wildman–Crippen LogP) is 4.24. The molecule has 197 valence electrons. The summed E-state index contributed by atoms with van der Waals surface area (Å²) < 4.78 is 0. The Morgan fingerprint density at radius 3 is 0.941 bits per heavy atom. The Morgan fingerprint density at radius 1 is 0.529 bits per heavy atom. The monoisotopic (exact) mass is 527 g/mol. The van der Waals surface area contributed by atoms with Gasteiger partial charge in [-0.15, -0.1) is 0 Å². The molecule has 0 amide bonds. The molecule has 0 bridgehead atoms. The molecule has 0 radical (unpaired) electrons. The number of carbonyl (C=O) groups is 6. The zero-order chi connectivity index (χ0) is 26.3. The SMILES string of the molecule is CCC(=O)C(CC[CH2][Fe]([CH2]CCC(C(=O)O)C(=O)CC)[CH2]CCC(C(=O)O)C(=O)CC)C(=O)O. The fraction of sp³-hybridized carbons (Fsp3) is 0.750. The molecule has 0 fully saturated rings. The molecule has 0 saturated carbocycles. The molecule has 0 aromatic rings. The van der Waals surface area contributed by atoms with Crippen LogP contribution >= 0.6 is 0 Å². The van der Waals surface area contributed by atoms with Crippen molar-refractivity contribution in [3.8, 4) is 0 Å². The maximum absolute atomic E-state index is 11.9. The summed E-state index contributed by atoms with van der Waals surface area (Å²) in [5.74, 6) is -7.47. The summed E-state index contributed by atoms with van der Waals surface area (Å²) >= 11 is -0.905. The molecule has 0 rings (SSSR count). The first-order valence-electron chi connectivity index (χ1n) is 11.8. The Labute approximate surface area is 205 Å². The predicted molar refractivity (Wildman–Crippen MR) is 121 cm³/mol. The molecule has 0 aromatic heterocycles. The summed E-state index contributed by atoms with van der Waals surface area (Å²) in [6, 6.07) is 0. The number of hydrogen-bond donors (Lipinski definition) is 3. The van der Waals surface area contributed by atoms with E-state index in [4.69, 9.17) is 0 Å². The van der Waals surface area contributed by atoms with Crippen molar-refractivity contribution >= 4 is 35.3 Å². The van der Waals surface area contributed by atoms with Gasteiger partial charge in [0.2, 0.25) is 0 Å². The van der Waals surface area contributed by atoms with E-state index in [0.717, 1.165) is 0 Å². The van der Waals surface area contributed by atoms with Gasteiger partial charge in [-0.05, 0) is 0 Å². The zero-order valence-corrected chi connectivity index (χ0v) is 21.5. The standard InChI is InChI=1S/3C8H13O3.Fe/c3*1-3-5-6(8(10)11)7(9)4-2;/h3*6H,1,3-5H2,2H3,(H,10,11);. The van der Waals surface area contributed by atoms with Crippen molar-refractivity contribution < 1.29 is 58.0 Å². The Morgan fingerprint density at radius 2 is 0.765 bits per heavy atom. The molecule has 0 aliphatic rings. The van der Waals surface area contributed by atoms with E-state index >= 15 is 0 Å².